The van der Waals surface area contributed by atoms with Crippen molar-refractivity contribution in [2.75, 3.05) is 13.6 Å². The smallest absolute Gasteiger partial charge is 0.0704 e. The summed E-state index contributed by atoms with van der Waals surface area (Å²) in [7, 11) is 1.90. The van der Waals surface area contributed by atoms with Gasteiger partial charge in [0.1, 0.15) is 0 Å². The van der Waals surface area contributed by atoms with Gasteiger partial charge in [0.25, 0.3) is 0 Å². The first-order valence-corrected chi connectivity index (χ1v) is 6.32. The number of aromatic nitrogens is 1. The van der Waals surface area contributed by atoms with Gasteiger partial charge >= 0.3 is 0 Å². The second kappa shape index (κ2) is 5.46. The van der Waals surface area contributed by atoms with Gasteiger partial charge in [-0.1, -0.05) is 18.2 Å². The molecule has 0 amide bonds. The van der Waals surface area contributed by atoms with Crippen molar-refractivity contribution in [1.29, 1.82) is 0 Å². The number of benzene rings is 1. The second-order valence-corrected chi connectivity index (χ2v) is 5.01. The summed E-state index contributed by atoms with van der Waals surface area (Å²) in [6.45, 7) is 2.70. The Kier molecular flexibility index (Phi) is 3.94. The normalized spacial score (nSPS) is 14.6. The molecule has 1 aromatic heterocycles. The Balaban J connectivity index is 2.26. The van der Waals surface area contributed by atoms with E-state index in [4.69, 9.17) is 0 Å². The van der Waals surface area contributed by atoms with Crippen LogP contribution in [-0.4, -0.2) is 29.3 Å². The van der Waals surface area contributed by atoms with Gasteiger partial charge < -0.3 is 10.4 Å². The fourth-order valence-electron chi connectivity index (χ4n) is 2.20. The van der Waals surface area contributed by atoms with Crippen LogP contribution in [0.3, 0.4) is 0 Å². The molecule has 0 spiro atoms. The summed E-state index contributed by atoms with van der Waals surface area (Å²) in [6, 6.07) is 10.1. The lowest BCUT2D eigenvalue weighted by Crippen LogP contribution is -2.31. The number of fused-ring (bicyclic) bond motifs is 1. The minimum atomic E-state index is -0.687. The zero-order valence-electron chi connectivity index (χ0n) is 11.0. The molecular formula is C15H20N2O. The van der Waals surface area contributed by atoms with Crippen LogP contribution in [0.5, 0.6) is 0 Å². The average molecular weight is 244 g/mol. The molecule has 2 N–H and O–H groups in total. The number of rotatable bonds is 5. The molecule has 1 heterocycles. The third kappa shape index (κ3) is 3.06. The van der Waals surface area contributed by atoms with Crippen molar-refractivity contribution in [1.82, 2.24) is 10.3 Å². The summed E-state index contributed by atoms with van der Waals surface area (Å²) in [5.74, 6) is 0. The lowest BCUT2D eigenvalue weighted by molar-refractivity contribution is 0.0523. The van der Waals surface area contributed by atoms with Crippen LogP contribution >= 0.6 is 0 Å². The van der Waals surface area contributed by atoms with Crippen LogP contribution in [0, 0.1) is 0 Å². The van der Waals surface area contributed by atoms with Crippen LogP contribution in [0.2, 0.25) is 0 Å². The summed E-state index contributed by atoms with van der Waals surface area (Å²) < 4.78 is 0. The molecule has 3 nitrogen and oxygen atoms in total. The van der Waals surface area contributed by atoms with E-state index in [1.54, 1.807) is 0 Å². The van der Waals surface area contributed by atoms with Gasteiger partial charge in [-0.25, -0.2) is 0 Å². The van der Waals surface area contributed by atoms with Gasteiger partial charge in [0.15, 0.2) is 0 Å². The Morgan fingerprint density at radius 2 is 2.06 bits per heavy atom. The van der Waals surface area contributed by atoms with Gasteiger partial charge in [-0.3, -0.25) is 4.98 Å². The summed E-state index contributed by atoms with van der Waals surface area (Å²) in [5.41, 5.74) is 1.45. The topological polar surface area (TPSA) is 45.1 Å². The third-order valence-corrected chi connectivity index (χ3v) is 3.22. The summed E-state index contributed by atoms with van der Waals surface area (Å²) >= 11 is 0. The van der Waals surface area contributed by atoms with Crippen LogP contribution < -0.4 is 5.32 Å². The van der Waals surface area contributed by atoms with E-state index in [1.165, 1.54) is 0 Å². The van der Waals surface area contributed by atoms with Crippen LogP contribution in [0.1, 0.15) is 18.9 Å². The van der Waals surface area contributed by atoms with Gasteiger partial charge in [0.05, 0.1) is 11.1 Å². The number of hydrogen-bond donors (Lipinski definition) is 2. The summed E-state index contributed by atoms with van der Waals surface area (Å²) in [5, 5.41) is 14.6. The molecular weight excluding hydrogens is 224 g/mol. The SMILES string of the molecule is CNCCC(C)(O)Cc1ccnc2ccccc12. The number of nitrogens with one attached hydrogen (secondary N) is 1. The Bertz CT molecular complexity index is 517. The molecule has 0 radical (unpaired) electrons. The van der Waals surface area contributed by atoms with Crippen molar-refractivity contribution >= 4 is 10.9 Å². The maximum Gasteiger partial charge on any atom is 0.0704 e. The molecule has 0 saturated heterocycles. The number of nitrogens with zero attached hydrogens (tertiary/aromatic N) is 1. The molecule has 2 rings (SSSR count). The number of pyridine rings is 1. The highest BCUT2D eigenvalue weighted by molar-refractivity contribution is 5.81. The minimum Gasteiger partial charge on any atom is -0.390 e. The van der Waals surface area contributed by atoms with E-state index in [2.05, 4.69) is 16.4 Å². The van der Waals surface area contributed by atoms with Crippen LogP contribution in [0.4, 0.5) is 0 Å². The first-order chi connectivity index (χ1) is 8.62. The molecule has 3 heteroatoms. The van der Waals surface area contributed by atoms with Gasteiger partial charge in [-0.15, -0.1) is 0 Å². The van der Waals surface area contributed by atoms with Crippen LogP contribution in [0.25, 0.3) is 10.9 Å². The molecule has 96 valence electrons. The first-order valence-electron chi connectivity index (χ1n) is 6.32. The van der Waals surface area contributed by atoms with E-state index in [9.17, 15) is 5.11 Å². The highest BCUT2D eigenvalue weighted by atomic mass is 16.3. The predicted octanol–water partition coefficient (Wildman–Crippen LogP) is 2.14. The van der Waals surface area contributed by atoms with Crippen molar-refractivity contribution in [3.05, 3.63) is 42.1 Å². The molecule has 0 aliphatic rings. The lowest BCUT2D eigenvalue weighted by atomic mass is 9.91. The lowest BCUT2D eigenvalue weighted by Gasteiger charge is -2.23. The molecule has 1 aromatic carbocycles. The zero-order chi connectivity index (χ0) is 13.0. The van der Waals surface area contributed by atoms with Crippen molar-refractivity contribution < 1.29 is 5.11 Å². The fraction of sp³-hybridized carbons (Fsp3) is 0.400. The monoisotopic (exact) mass is 244 g/mol. The van der Waals surface area contributed by atoms with Crippen molar-refractivity contribution in [3.8, 4) is 0 Å². The Hall–Kier alpha value is -1.45. The van der Waals surface area contributed by atoms with Crippen LogP contribution in [0.15, 0.2) is 36.5 Å². The molecule has 0 bridgehead atoms. The Labute approximate surface area is 108 Å². The molecule has 2 aromatic rings. The van der Waals surface area contributed by atoms with Crippen molar-refractivity contribution in [3.63, 3.8) is 0 Å². The third-order valence-electron chi connectivity index (χ3n) is 3.22. The molecule has 0 aliphatic heterocycles. The summed E-state index contributed by atoms with van der Waals surface area (Å²) in [4.78, 5) is 4.34. The fourth-order valence-corrected chi connectivity index (χ4v) is 2.20. The van der Waals surface area contributed by atoms with E-state index in [-0.39, 0.29) is 0 Å². The number of hydrogen-bond acceptors (Lipinski definition) is 3. The maximum absolute atomic E-state index is 10.4. The van der Waals surface area contributed by atoms with Gasteiger partial charge in [-0.05, 0) is 44.6 Å². The van der Waals surface area contributed by atoms with Crippen molar-refractivity contribution in [2.45, 2.75) is 25.4 Å². The molecule has 0 fully saturated rings. The molecule has 1 atom stereocenters. The molecule has 1 unspecified atom stereocenters. The van der Waals surface area contributed by atoms with E-state index in [0.717, 1.165) is 29.4 Å². The van der Waals surface area contributed by atoms with E-state index in [0.29, 0.717) is 6.42 Å². The Morgan fingerprint density at radius 1 is 1.28 bits per heavy atom. The minimum absolute atomic E-state index is 0.651. The molecule has 0 aliphatic carbocycles. The number of aliphatic hydroxyl groups is 1. The van der Waals surface area contributed by atoms with Gasteiger partial charge in [0, 0.05) is 18.0 Å². The van der Waals surface area contributed by atoms with E-state index >= 15 is 0 Å². The zero-order valence-corrected chi connectivity index (χ0v) is 11.0. The van der Waals surface area contributed by atoms with Gasteiger partial charge in [-0.2, -0.15) is 0 Å². The van der Waals surface area contributed by atoms with E-state index in [1.807, 2.05) is 44.4 Å². The van der Waals surface area contributed by atoms with Crippen LogP contribution in [-0.2, 0) is 6.42 Å². The first kappa shape index (κ1) is 13.0. The number of para-hydroxylation sites is 1. The quantitative estimate of drug-likeness (QED) is 0.847. The highest BCUT2D eigenvalue weighted by Gasteiger charge is 2.21. The largest absolute Gasteiger partial charge is 0.390 e. The van der Waals surface area contributed by atoms with Crippen molar-refractivity contribution in [2.24, 2.45) is 0 Å². The summed E-state index contributed by atoms with van der Waals surface area (Å²) in [6.07, 6.45) is 3.20. The van der Waals surface area contributed by atoms with E-state index < -0.39 is 5.60 Å². The standard InChI is InChI=1S/C15H20N2O/c1-15(18,8-10-16-2)11-12-7-9-17-14-6-4-3-5-13(12)14/h3-7,9,16,18H,8,10-11H2,1-2H3. The molecule has 0 saturated carbocycles. The van der Waals surface area contributed by atoms with Gasteiger partial charge in [0.2, 0.25) is 0 Å². The average Bonchev–Trinajstić information content (AvgIpc) is 2.37. The maximum atomic E-state index is 10.4. The Morgan fingerprint density at radius 3 is 2.83 bits per heavy atom. The predicted molar refractivity (Wildman–Crippen MR) is 74.6 cm³/mol. The highest BCUT2D eigenvalue weighted by Crippen LogP contribution is 2.22. The molecule has 18 heavy (non-hydrogen) atoms. The second-order valence-electron chi connectivity index (χ2n) is 5.01.